The van der Waals surface area contributed by atoms with Crippen molar-refractivity contribution in [3.8, 4) is 0 Å². The first kappa shape index (κ1) is 53.8. The number of aliphatic hydroxyl groups is 4. The SMILES string of the molecule is CCCCCCCC/C=C/CCCC(O)C(O)C(CO)NC(=O)C(O)CCCCCCCCCCCCCC/C=C\CCCCCCCCCCCCCC. The molecule has 326 valence electrons. The molecule has 4 atom stereocenters. The second-order valence-electron chi connectivity index (χ2n) is 16.8. The van der Waals surface area contributed by atoms with Crippen molar-refractivity contribution in [3.05, 3.63) is 24.3 Å². The molecular weight excluding hydrogens is 683 g/mol. The summed E-state index contributed by atoms with van der Waals surface area (Å²) >= 11 is 0. The maximum atomic E-state index is 12.5. The number of carbonyl (C=O) groups is 1. The van der Waals surface area contributed by atoms with Gasteiger partial charge in [-0.2, -0.15) is 0 Å². The third-order valence-electron chi connectivity index (χ3n) is 11.4. The van der Waals surface area contributed by atoms with Crippen LogP contribution in [0.2, 0.25) is 0 Å². The first-order valence-corrected chi connectivity index (χ1v) is 24.2. The van der Waals surface area contributed by atoms with Crippen LogP contribution in [-0.4, -0.2) is 57.3 Å². The first-order valence-electron chi connectivity index (χ1n) is 24.2. The molecule has 0 saturated heterocycles. The van der Waals surface area contributed by atoms with E-state index in [-0.39, 0.29) is 0 Å². The number of unbranched alkanes of at least 4 members (excludes halogenated alkanes) is 31. The van der Waals surface area contributed by atoms with Crippen LogP contribution in [0.15, 0.2) is 24.3 Å². The van der Waals surface area contributed by atoms with Gasteiger partial charge in [0.2, 0.25) is 5.91 Å². The second kappa shape index (κ2) is 43.9. The third-order valence-corrected chi connectivity index (χ3v) is 11.4. The van der Waals surface area contributed by atoms with Crippen molar-refractivity contribution in [2.75, 3.05) is 6.61 Å². The first-order chi connectivity index (χ1) is 27.0. The molecule has 0 bridgehead atoms. The molecule has 0 fully saturated rings. The van der Waals surface area contributed by atoms with Crippen molar-refractivity contribution >= 4 is 5.91 Å². The molecule has 0 aromatic rings. The summed E-state index contributed by atoms with van der Waals surface area (Å²) in [6, 6.07) is -0.999. The number of aliphatic hydroxyl groups excluding tert-OH is 4. The smallest absolute Gasteiger partial charge is 0.249 e. The minimum atomic E-state index is -1.28. The summed E-state index contributed by atoms with van der Waals surface area (Å²) in [6.07, 6.45) is 51.0. The zero-order valence-corrected chi connectivity index (χ0v) is 36.7. The minimum Gasteiger partial charge on any atom is -0.394 e. The second-order valence-corrected chi connectivity index (χ2v) is 16.8. The van der Waals surface area contributed by atoms with E-state index in [9.17, 15) is 25.2 Å². The number of rotatable bonds is 44. The van der Waals surface area contributed by atoms with Crippen LogP contribution in [0, 0.1) is 0 Å². The van der Waals surface area contributed by atoms with Gasteiger partial charge in [-0.15, -0.1) is 0 Å². The Hall–Kier alpha value is -1.21. The highest BCUT2D eigenvalue weighted by atomic mass is 16.3. The molecule has 0 rings (SSSR count). The summed E-state index contributed by atoms with van der Waals surface area (Å²) in [4.78, 5) is 12.5. The van der Waals surface area contributed by atoms with Crippen molar-refractivity contribution in [2.45, 2.75) is 276 Å². The molecule has 6 nitrogen and oxygen atoms in total. The Kier molecular flexibility index (Phi) is 42.9. The summed E-state index contributed by atoms with van der Waals surface area (Å²) in [7, 11) is 0. The number of hydrogen-bond donors (Lipinski definition) is 5. The molecule has 0 spiro atoms. The predicted octanol–water partition coefficient (Wildman–Crippen LogP) is 13.1. The van der Waals surface area contributed by atoms with Crippen molar-refractivity contribution in [1.29, 1.82) is 0 Å². The Morgan fingerprint density at radius 3 is 1.09 bits per heavy atom. The van der Waals surface area contributed by atoms with E-state index in [2.05, 4.69) is 43.5 Å². The van der Waals surface area contributed by atoms with E-state index in [1.165, 1.54) is 186 Å². The molecule has 0 aliphatic heterocycles. The van der Waals surface area contributed by atoms with Crippen LogP contribution in [0.4, 0.5) is 0 Å². The fourth-order valence-corrected chi connectivity index (χ4v) is 7.52. The maximum absolute atomic E-state index is 12.5. The number of carbonyl (C=O) groups excluding carboxylic acids is 1. The third kappa shape index (κ3) is 38.1. The summed E-state index contributed by atoms with van der Waals surface area (Å²) < 4.78 is 0. The Morgan fingerprint density at radius 1 is 0.436 bits per heavy atom. The van der Waals surface area contributed by atoms with Gasteiger partial charge < -0.3 is 25.7 Å². The largest absolute Gasteiger partial charge is 0.394 e. The van der Waals surface area contributed by atoms with E-state index in [0.29, 0.717) is 12.8 Å². The quantitative estimate of drug-likeness (QED) is 0.0313. The summed E-state index contributed by atoms with van der Waals surface area (Å²) in [5.41, 5.74) is 0. The van der Waals surface area contributed by atoms with Crippen LogP contribution < -0.4 is 5.32 Å². The summed E-state index contributed by atoms with van der Waals surface area (Å²) in [6.45, 7) is 4.03. The van der Waals surface area contributed by atoms with Gasteiger partial charge in [0.1, 0.15) is 12.2 Å². The molecule has 0 heterocycles. The van der Waals surface area contributed by atoms with Gasteiger partial charge in [-0.25, -0.2) is 0 Å². The van der Waals surface area contributed by atoms with Crippen LogP contribution in [0.3, 0.4) is 0 Å². The Balaban J connectivity index is 3.62. The van der Waals surface area contributed by atoms with Crippen molar-refractivity contribution in [1.82, 2.24) is 5.32 Å². The van der Waals surface area contributed by atoms with E-state index in [4.69, 9.17) is 0 Å². The van der Waals surface area contributed by atoms with E-state index in [1.54, 1.807) is 0 Å². The molecular formula is C49H95NO5. The molecule has 6 heteroatoms. The lowest BCUT2D eigenvalue weighted by molar-refractivity contribution is -0.132. The highest BCUT2D eigenvalue weighted by molar-refractivity contribution is 5.80. The van der Waals surface area contributed by atoms with Crippen LogP contribution in [0.5, 0.6) is 0 Å². The normalized spacial score (nSPS) is 14.2. The van der Waals surface area contributed by atoms with Crippen LogP contribution in [0.1, 0.15) is 251 Å². The number of hydrogen-bond acceptors (Lipinski definition) is 5. The molecule has 0 saturated carbocycles. The molecule has 0 aromatic heterocycles. The van der Waals surface area contributed by atoms with Gasteiger partial charge >= 0.3 is 0 Å². The van der Waals surface area contributed by atoms with E-state index in [0.717, 1.165) is 38.5 Å². The Labute approximate surface area is 342 Å². The van der Waals surface area contributed by atoms with Gasteiger partial charge in [0.05, 0.1) is 18.8 Å². The van der Waals surface area contributed by atoms with E-state index in [1.807, 2.05) is 0 Å². The van der Waals surface area contributed by atoms with Crippen LogP contribution in [-0.2, 0) is 4.79 Å². The lowest BCUT2D eigenvalue weighted by Gasteiger charge is -2.27. The minimum absolute atomic E-state index is 0.364. The van der Waals surface area contributed by atoms with Gasteiger partial charge in [0.15, 0.2) is 0 Å². The average molecular weight is 778 g/mol. The molecule has 0 radical (unpaired) electrons. The zero-order valence-electron chi connectivity index (χ0n) is 36.7. The molecule has 0 aliphatic carbocycles. The van der Waals surface area contributed by atoms with E-state index >= 15 is 0 Å². The Bertz CT molecular complexity index is 832. The molecule has 0 aliphatic rings. The highest BCUT2D eigenvalue weighted by Gasteiger charge is 2.28. The van der Waals surface area contributed by atoms with Gasteiger partial charge in [-0.1, -0.05) is 212 Å². The molecule has 0 aromatic carbocycles. The van der Waals surface area contributed by atoms with Gasteiger partial charge in [-0.05, 0) is 64.2 Å². The Morgan fingerprint density at radius 2 is 0.745 bits per heavy atom. The zero-order chi connectivity index (χ0) is 40.3. The average Bonchev–Trinajstić information content (AvgIpc) is 3.19. The maximum Gasteiger partial charge on any atom is 0.249 e. The lowest BCUT2D eigenvalue weighted by atomic mass is 10.00. The van der Waals surface area contributed by atoms with Crippen molar-refractivity contribution in [2.24, 2.45) is 0 Å². The number of nitrogens with one attached hydrogen (secondary N) is 1. The fraction of sp³-hybridized carbons (Fsp3) is 0.898. The predicted molar refractivity (Wildman–Crippen MR) is 237 cm³/mol. The van der Waals surface area contributed by atoms with Crippen molar-refractivity contribution in [3.63, 3.8) is 0 Å². The summed E-state index contributed by atoms with van der Waals surface area (Å²) in [5, 5.41) is 43.6. The molecule has 5 N–H and O–H groups in total. The fourth-order valence-electron chi connectivity index (χ4n) is 7.52. The highest BCUT2D eigenvalue weighted by Crippen LogP contribution is 2.16. The lowest BCUT2D eigenvalue weighted by Crippen LogP contribution is -2.53. The van der Waals surface area contributed by atoms with Gasteiger partial charge in [0, 0.05) is 0 Å². The monoisotopic (exact) mass is 778 g/mol. The topological polar surface area (TPSA) is 110 Å². The number of amides is 1. The van der Waals surface area contributed by atoms with Crippen LogP contribution in [0.25, 0.3) is 0 Å². The van der Waals surface area contributed by atoms with E-state index < -0.39 is 36.9 Å². The summed E-state index contributed by atoms with van der Waals surface area (Å²) in [5.74, 6) is -0.593. The van der Waals surface area contributed by atoms with Crippen LogP contribution >= 0.6 is 0 Å². The molecule has 1 amide bonds. The van der Waals surface area contributed by atoms with Gasteiger partial charge in [0.25, 0.3) is 0 Å². The molecule has 4 unspecified atom stereocenters. The standard InChI is InChI=1S/C49H95NO5/c1-3-5-7-9-11-13-15-16-17-18-19-20-21-22-23-24-25-26-27-28-29-30-31-33-35-37-39-41-43-47(53)49(55)50-45(44-51)48(54)46(52)42-40-38-36-34-32-14-12-10-8-6-4-2/h22-23,34,36,45-48,51-54H,3-21,24-33,35,37-44H2,1-2H3,(H,50,55)/b23-22-,36-34+. The van der Waals surface area contributed by atoms with Gasteiger partial charge in [-0.3, -0.25) is 4.79 Å². The number of allylic oxidation sites excluding steroid dienone is 4. The van der Waals surface area contributed by atoms with Crippen molar-refractivity contribution < 1.29 is 25.2 Å². The molecule has 55 heavy (non-hydrogen) atoms.